The molecule has 4 aliphatic rings. The van der Waals surface area contributed by atoms with Gasteiger partial charge in [-0.1, -0.05) is 81.1 Å². The number of unbranched alkanes of at least 4 members (excludes halogenated alkanes) is 1. The smallest absolute Gasteiger partial charge is 0.407 e. The number of hydrogen-bond acceptors (Lipinski definition) is 8. The van der Waals surface area contributed by atoms with Gasteiger partial charge in [-0.2, -0.15) is 0 Å². The summed E-state index contributed by atoms with van der Waals surface area (Å²) in [6.45, 7) is 6.06. The Kier molecular flexibility index (Phi) is 11.6. The van der Waals surface area contributed by atoms with Crippen LogP contribution in [0.5, 0.6) is 5.75 Å². The molecule has 280 valence electrons. The van der Waals surface area contributed by atoms with E-state index in [4.69, 9.17) is 9.47 Å². The quantitative estimate of drug-likeness (QED) is 0.295. The Balaban J connectivity index is 1.31. The third kappa shape index (κ3) is 8.62. The first kappa shape index (κ1) is 37.4. The SMILES string of the molecule is C=C[C@H]1C[C@]1(NC(=O)[C@@H]1C[C@@H]2CN1C(=O)[C@H](CCCC)NC(=O)OCCCCCCc1ccc(-c3ccccc3)cc1O2)C(=O)NS(=O)(=O)C1CC1. The molecule has 0 unspecified atom stereocenters. The van der Waals surface area contributed by atoms with Crippen LogP contribution < -0.4 is 20.1 Å². The van der Waals surface area contributed by atoms with Crippen LogP contribution in [0.3, 0.4) is 0 Å². The zero-order chi connectivity index (χ0) is 36.9. The van der Waals surface area contributed by atoms with E-state index >= 15 is 0 Å². The van der Waals surface area contributed by atoms with Crippen molar-refractivity contribution in [2.45, 2.75) is 113 Å². The molecular formula is C39H50N4O8S. The van der Waals surface area contributed by atoms with Gasteiger partial charge in [0.15, 0.2) is 0 Å². The summed E-state index contributed by atoms with van der Waals surface area (Å²) in [6.07, 6.45) is 7.44. The van der Waals surface area contributed by atoms with E-state index in [1.54, 1.807) is 0 Å². The summed E-state index contributed by atoms with van der Waals surface area (Å²) in [4.78, 5) is 56.4. The van der Waals surface area contributed by atoms with E-state index < -0.39 is 68.7 Å². The molecule has 12 nitrogen and oxygen atoms in total. The number of aryl methyl sites for hydroxylation is 1. The van der Waals surface area contributed by atoms with Crippen LogP contribution in [0, 0.1) is 5.92 Å². The molecule has 2 aromatic carbocycles. The lowest BCUT2D eigenvalue weighted by Gasteiger charge is -2.29. The van der Waals surface area contributed by atoms with Crippen LogP contribution in [0.2, 0.25) is 0 Å². The number of hydrogen-bond donors (Lipinski definition) is 3. The van der Waals surface area contributed by atoms with Crippen molar-refractivity contribution in [1.82, 2.24) is 20.3 Å². The zero-order valence-electron chi connectivity index (χ0n) is 29.8. The van der Waals surface area contributed by atoms with Crippen LogP contribution in [0.15, 0.2) is 61.2 Å². The van der Waals surface area contributed by atoms with Gasteiger partial charge in [0.05, 0.1) is 18.4 Å². The molecule has 0 spiro atoms. The second-order valence-corrected chi connectivity index (χ2v) is 16.5. The molecule has 2 bridgehead atoms. The first-order valence-corrected chi connectivity index (χ1v) is 20.2. The van der Waals surface area contributed by atoms with Crippen molar-refractivity contribution < 1.29 is 37.1 Å². The summed E-state index contributed by atoms with van der Waals surface area (Å²) in [5.41, 5.74) is 1.51. The third-order valence-corrected chi connectivity index (χ3v) is 12.4. The van der Waals surface area contributed by atoms with Crippen molar-refractivity contribution in [3.63, 3.8) is 0 Å². The fraction of sp³-hybridized carbons (Fsp3) is 0.538. The fourth-order valence-corrected chi connectivity index (χ4v) is 8.60. The molecule has 52 heavy (non-hydrogen) atoms. The number of fused-ring (bicyclic) bond motifs is 3. The molecule has 2 heterocycles. The van der Waals surface area contributed by atoms with Gasteiger partial charge < -0.3 is 25.0 Å². The Morgan fingerprint density at radius 2 is 1.83 bits per heavy atom. The lowest BCUT2D eigenvalue weighted by molar-refractivity contribution is -0.141. The molecule has 13 heteroatoms. The number of rotatable bonds is 10. The highest BCUT2D eigenvalue weighted by Crippen LogP contribution is 2.45. The summed E-state index contributed by atoms with van der Waals surface area (Å²) in [5, 5.41) is 4.96. The van der Waals surface area contributed by atoms with Gasteiger partial charge in [0, 0.05) is 12.3 Å². The Morgan fingerprint density at radius 3 is 2.54 bits per heavy atom. The molecule has 5 atom stereocenters. The predicted octanol–water partition coefficient (Wildman–Crippen LogP) is 4.77. The van der Waals surface area contributed by atoms with Gasteiger partial charge in [-0.05, 0) is 67.7 Å². The summed E-state index contributed by atoms with van der Waals surface area (Å²) in [7, 11) is -3.87. The van der Waals surface area contributed by atoms with E-state index in [1.807, 2.05) is 43.3 Å². The van der Waals surface area contributed by atoms with Gasteiger partial charge in [-0.25, -0.2) is 13.2 Å². The number of amides is 4. The van der Waals surface area contributed by atoms with E-state index in [2.05, 4.69) is 34.1 Å². The number of carbonyl (C=O) groups is 4. The molecule has 1 saturated heterocycles. The van der Waals surface area contributed by atoms with E-state index in [0.29, 0.717) is 37.9 Å². The second-order valence-electron chi connectivity index (χ2n) is 14.5. The van der Waals surface area contributed by atoms with Crippen molar-refractivity contribution in [1.29, 1.82) is 0 Å². The summed E-state index contributed by atoms with van der Waals surface area (Å²) < 4.78 is 39.7. The zero-order valence-corrected chi connectivity index (χ0v) is 30.6. The Hall–Kier alpha value is -4.39. The number of ether oxygens (including phenoxy) is 2. The number of benzene rings is 2. The van der Waals surface area contributed by atoms with Gasteiger partial charge >= 0.3 is 6.09 Å². The van der Waals surface area contributed by atoms with Crippen molar-refractivity contribution >= 4 is 33.8 Å². The topological polar surface area (TPSA) is 160 Å². The maximum Gasteiger partial charge on any atom is 0.407 e. The Labute approximate surface area is 306 Å². The standard InChI is InChI=1S/C39H50N4O8S/c1-3-5-16-32-36(45)43-25-30(23-33(43)35(44)41-39(24-29(39)4-2)37(46)42-52(48,49)31-19-20-31)51-34-22-28(26-13-10-8-11-14-26)18-17-27(34)15-9-6-7-12-21-50-38(47)40-32/h4,8,10-11,13-14,17-18,22,29-33H,2-3,5-7,9,12,15-16,19-21,23-25H2,1H3,(H,40,47)(H,41,44)(H,42,46)/t29-,30+,32-,33-,39+/m0/s1. The largest absolute Gasteiger partial charge is 0.488 e. The van der Waals surface area contributed by atoms with Crippen LogP contribution in [0.1, 0.15) is 83.1 Å². The molecule has 0 radical (unpaired) electrons. The molecule has 3 N–H and O–H groups in total. The van der Waals surface area contributed by atoms with E-state index in [1.165, 1.54) is 11.0 Å². The van der Waals surface area contributed by atoms with E-state index in [0.717, 1.165) is 48.8 Å². The molecule has 6 rings (SSSR count). The Morgan fingerprint density at radius 1 is 1.06 bits per heavy atom. The van der Waals surface area contributed by atoms with Gasteiger partial charge in [-0.3, -0.25) is 19.1 Å². The fourth-order valence-electron chi connectivity index (χ4n) is 7.24. The minimum Gasteiger partial charge on any atom is -0.488 e. The molecule has 2 saturated carbocycles. The molecule has 2 aliphatic carbocycles. The van der Waals surface area contributed by atoms with Gasteiger partial charge in [0.25, 0.3) is 5.91 Å². The highest BCUT2D eigenvalue weighted by Gasteiger charge is 2.62. The number of cyclic esters (lactones) is 1. The first-order chi connectivity index (χ1) is 25.0. The van der Waals surface area contributed by atoms with Crippen molar-refractivity contribution in [3.8, 4) is 16.9 Å². The molecule has 2 aliphatic heterocycles. The van der Waals surface area contributed by atoms with Crippen LogP contribution in [0.25, 0.3) is 11.1 Å². The normalized spacial score (nSPS) is 26.8. The molecular weight excluding hydrogens is 685 g/mol. The summed E-state index contributed by atoms with van der Waals surface area (Å²) >= 11 is 0. The van der Waals surface area contributed by atoms with E-state index in [-0.39, 0.29) is 26.0 Å². The lowest BCUT2D eigenvalue weighted by atomic mass is 9.99. The van der Waals surface area contributed by atoms with Crippen LogP contribution >= 0.6 is 0 Å². The summed E-state index contributed by atoms with van der Waals surface area (Å²) in [6, 6.07) is 14.1. The average Bonchev–Trinajstić information content (AvgIpc) is 4.06. The van der Waals surface area contributed by atoms with Gasteiger partial charge in [-0.15, -0.1) is 6.58 Å². The molecule has 0 aromatic heterocycles. The molecule has 2 aromatic rings. The number of nitrogens with zero attached hydrogens (tertiary/aromatic N) is 1. The third-order valence-electron chi connectivity index (χ3n) is 10.6. The maximum absolute atomic E-state index is 14.4. The minimum atomic E-state index is -3.87. The second kappa shape index (κ2) is 16.1. The van der Waals surface area contributed by atoms with Crippen LogP contribution in [-0.4, -0.2) is 79.3 Å². The average molecular weight is 735 g/mol. The van der Waals surface area contributed by atoms with Crippen molar-refractivity contribution in [3.05, 3.63) is 66.7 Å². The van der Waals surface area contributed by atoms with Gasteiger partial charge in [0.1, 0.15) is 29.5 Å². The number of carbonyl (C=O) groups excluding carboxylic acids is 4. The number of sulfonamides is 1. The highest BCUT2D eigenvalue weighted by molar-refractivity contribution is 7.91. The van der Waals surface area contributed by atoms with Crippen LogP contribution in [-0.2, 0) is 35.6 Å². The summed E-state index contributed by atoms with van der Waals surface area (Å²) in [5.74, 6) is -1.68. The molecule has 3 fully saturated rings. The molecule has 4 amide bonds. The predicted molar refractivity (Wildman–Crippen MR) is 196 cm³/mol. The Bertz CT molecular complexity index is 1760. The maximum atomic E-state index is 14.4. The van der Waals surface area contributed by atoms with Crippen LogP contribution in [0.4, 0.5) is 4.79 Å². The minimum absolute atomic E-state index is 0.0609. The highest BCUT2D eigenvalue weighted by atomic mass is 32.2. The lowest BCUT2D eigenvalue weighted by Crippen LogP contribution is -2.58. The first-order valence-electron chi connectivity index (χ1n) is 18.6. The number of nitrogens with one attached hydrogen (secondary N) is 3. The van der Waals surface area contributed by atoms with Gasteiger partial charge in [0.2, 0.25) is 21.8 Å². The van der Waals surface area contributed by atoms with E-state index in [9.17, 15) is 27.6 Å². The number of alkyl carbamates (subject to hydrolysis) is 1. The monoisotopic (exact) mass is 734 g/mol. The van der Waals surface area contributed by atoms with Crippen molar-refractivity contribution in [2.75, 3.05) is 13.2 Å². The van der Waals surface area contributed by atoms with Crippen molar-refractivity contribution in [2.24, 2.45) is 5.92 Å².